The molecule has 10 heavy (non-hydrogen) atoms. The number of nitrogen functional groups attached to an aromatic ring is 1. The normalized spacial score (nSPS) is 14.6. The molecule has 0 aliphatic heterocycles. The van der Waals surface area contributed by atoms with E-state index in [4.69, 9.17) is 5.73 Å². The summed E-state index contributed by atoms with van der Waals surface area (Å²) in [6, 6.07) is 0. The van der Waals surface area contributed by atoms with Gasteiger partial charge in [-0.1, -0.05) is 12.2 Å². The van der Waals surface area contributed by atoms with Crippen LogP contribution in [0.1, 0.15) is 13.8 Å². The molecule has 1 aromatic rings. The number of hydrogen-bond acceptors (Lipinski definition) is 2. The Kier molecular flexibility index (Phi) is 1.76. The molecule has 0 spiro atoms. The van der Waals surface area contributed by atoms with E-state index in [1.807, 2.05) is 26.0 Å². The monoisotopic (exact) mass is 137 g/mol. The van der Waals surface area contributed by atoms with Crippen LogP contribution in [0.2, 0.25) is 0 Å². The molecule has 0 amide bonds. The van der Waals surface area contributed by atoms with Crippen LogP contribution < -0.4 is 16.4 Å². The quantitative estimate of drug-likeness (QED) is 0.511. The number of rotatable bonds is 0. The van der Waals surface area contributed by atoms with E-state index in [-0.39, 0.29) is 0 Å². The standard InChI is InChI=1S/C7H11N3/c1-3-5-6(4-2)10-7(8)9-5/h3-4H,1-2H3,(H3,8,9,10)/b5-3+,6-4+. The Morgan fingerprint density at radius 1 is 1.40 bits per heavy atom. The highest BCUT2D eigenvalue weighted by atomic mass is 15.0. The maximum atomic E-state index is 5.42. The van der Waals surface area contributed by atoms with Crippen molar-refractivity contribution in [2.75, 3.05) is 5.73 Å². The zero-order valence-electron chi connectivity index (χ0n) is 6.18. The number of aromatic nitrogens is 2. The Bertz CT molecular complexity index is 290. The Labute approximate surface area is 59.3 Å². The van der Waals surface area contributed by atoms with Gasteiger partial charge < -0.3 is 10.7 Å². The lowest BCUT2D eigenvalue weighted by Gasteiger charge is -1.73. The van der Waals surface area contributed by atoms with Gasteiger partial charge in [-0.25, -0.2) is 4.98 Å². The van der Waals surface area contributed by atoms with E-state index in [0.29, 0.717) is 5.95 Å². The number of H-pyrrole nitrogens is 1. The molecule has 3 N–H and O–H groups in total. The number of nitrogens with two attached hydrogens (primary N) is 1. The first-order valence-electron chi connectivity index (χ1n) is 3.22. The van der Waals surface area contributed by atoms with Gasteiger partial charge in [-0.3, -0.25) is 0 Å². The maximum absolute atomic E-state index is 5.42. The lowest BCUT2D eigenvalue weighted by molar-refractivity contribution is 1.30. The number of nitrogens with one attached hydrogen (secondary N) is 1. The van der Waals surface area contributed by atoms with Gasteiger partial charge in [-0.2, -0.15) is 0 Å². The van der Waals surface area contributed by atoms with Crippen LogP contribution in [0.4, 0.5) is 5.95 Å². The van der Waals surface area contributed by atoms with Gasteiger partial charge in [-0.05, 0) is 13.8 Å². The molecule has 0 saturated heterocycles. The SMILES string of the molecule is C/C=c1/nc(N)[nH]/c1=C/C. The zero-order valence-corrected chi connectivity index (χ0v) is 6.18. The summed E-state index contributed by atoms with van der Waals surface area (Å²) in [7, 11) is 0. The van der Waals surface area contributed by atoms with Crippen molar-refractivity contribution >= 4 is 18.1 Å². The molecule has 0 atom stereocenters. The van der Waals surface area contributed by atoms with Crippen LogP contribution in [0, 0.1) is 0 Å². The van der Waals surface area contributed by atoms with E-state index in [0.717, 1.165) is 10.7 Å². The highest BCUT2D eigenvalue weighted by Gasteiger charge is 1.88. The van der Waals surface area contributed by atoms with Crippen molar-refractivity contribution in [1.82, 2.24) is 9.97 Å². The molecule has 3 nitrogen and oxygen atoms in total. The third kappa shape index (κ3) is 1.03. The average molecular weight is 137 g/mol. The average Bonchev–Trinajstić information content (AvgIpc) is 2.30. The summed E-state index contributed by atoms with van der Waals surface area (Å²) in [5.41, 5.74) is 5.42. The van der Waals surface area contributed by atoms with Crippen LogP contribution in [0.3, 0.4) is 0 Å². The summed E-state index contributed by atoms with van der Waals surface area (Å²) >= 11 is 0. The predicted octanol–water partition coefficient (Wildman–Crippen LogP) is -0.407. The lowest BCUT2D eigenvalue weighted by atomic mass is 10.5. The van der Waals surface area contributed by atoms with Gasteiger partial charge in [0, 0.05) is 0 Å². The van der Waals surface area contributed by atoms with Crippen LogP contribution in [0.5, 0.6) is 0 Å². The molecule has 0 aliphatic rings. The molecule has 0 radical (unpaired) electrons. The van der Waals surface area contributed by atoms with Crippen molar-refractivity contribution in [3.63, 3.8) is 0 Å². The lowest BCUT2D eigenvalue weighted by Crippen LogP contribution is -2.23. The zero-order chi connectivity index (χ0) is 7.56. The number of imidazole rings is 1. The molecule has 0 aliphatic carbocycles. The fourth-order valence-corrected chi connectivity index (χ4v) is 0.860. The molecule has 0 saturated carbocycles. The minimum atomic E-state index is 0.473. The smallest absolute Gasteiger partial charge is 0.198 e. The minimum Gasteiger partial charge on any atom is -0.369 e. The highest BCUT2D eigenvalue weighted by Crippen LogP contribution is 1.74. The van der Waals surface area contributed by atoms with Gasteiger partial charge in [0.1, 0.15) is 0 Å². The maximum Gasteiger partial charge on any atom is 0.198 e. The topological polar surface area (TPSA) is 54.7 Å². The van der Waals surface area contributed by atoms with Gasteiger partial charge >= 0.3 is 0 Å². The van der Waals surface area contributed by atoms with Crippen molar-refractivity contribution in [3.05, 3.63) is 10.7 Å². The van der Waals surface area contributed by atoms with Crippen molar-refractivity contribution in [2.45, 2.75) is 13.8 Å². The molecule has 1 aromatic heterocycles. The molecule has 0 fully saturated rings. The predicted molar refractivity (Wildman–Crippen MR) is 42.5 cm³/mol. The number of hydrogen-bond donors (Lipinski definition) is 2. The van der Waals surface area contributed by atoms with Crippen LogP contribution >= 0.6 is 0 Å². The Morgan fingerprint density at radius 3 is 2.50 bits per heavy atom. The van der Waals surface area contributed by atoms with E-state index >= 15 is 0 Å². The van der Waals surface area contributed by atoms with E-state index in [2.05, 4.69) is 9.97 Å². The minimum absolute atomic E-state index is 0.473. The van der Waals surface area contributed by atoms with E-state index in [1.165, 1.54) is 0 Å². The van der Waals surface area contributed by atoms with Gasteiger partial charge in [0.25, 0.3) is 0 Å². The van der Waals surface area contributed by atoms with Crippen LogP contribution in [0.25, 0.3) is 12.2 Å². The van der Waals surface area contributed by atoms with Crippen LogP contribution in [-0.2, 0) is 0 Å². The second-order valence-electron chi connectivity index (χ2n) is 2.00. The summed E-state index contributed by atoms with van der Waals surface area (Å²) in [4.78, 5) is 6.96. The fraction of sp³-hybridized carbons (Fsp3) is 0.286. The van der Waals surface area contributed by atoms with Gasteiger partial charge in [-0.15, -0.1) is 0 Å². The van der Waals surface area contributed by atoms with Crippen molar-refractivity contribution in [2.24, 2.45) is 0 Å². The summed E-state index contributed by atoms with van der Waals surface area (Å²) in [6.07, 6.45) is 3.86. The van der Waals surface area contributed by atoms with Crippen molar-refractivity contribution in [3.8, 4) is 0 Å². The van der Waals surface area contributed by atoms with Crippen molar-refractivity contribution < 1.29 is 0 Å². The molecule has 0 bridgehead atoms. The van der Waals surface area contributed by atoms with Crippen LogP contribution in [0.15, 0.2) is 0 Å². The van der Waals surface area contributed by atoms with E-state index in [1.54, 1.807) is 0 Å². The highest BCUT2D eigenvalue weighted by molar-refractivity contribution is 5.27. The molecular formula is C7H11N3. The summed E-state index contributed by atoms with van der Waals surface area (Å²) in [6.45, 7) is 3.88. The third-order valence-electron chi connectivity index (χ3n) is 1.34. The summed E-state index contributed by atoms with van der Waals surface area (Å²) < 4.78 is 0. The third-order valence-corrected chi connectivity index (χ3v) is 1.34. The molecule has 1 heterocycles. The number of aromatic amines is 1. The first-order valence-corrected chi connectivity index (χ1v) is 3.22. The van der Waals surface area contributed by atoms with E-state index < -0.39 is 0 Å². The molecule has 0 aromatic carbocycles. The fourth-order valence-electron chi connectivity index (χ4n) is 0.860. The largest absolute Gasteiger partial charge is 0.369 e. The number of nitrogens with zero attached hydrogens (tertiary/aromatic N) is 1. The summed E-state index contributed by atoms with van der Waals surface area (Å²) in [5.74, 6) is 0.473. The summed E-state index contributed by atoms with van der Waals surface area (Å²) in [5, 5.41) is 1.90. The second-order valence-corrected chi connectivity index (χ2v) is 2.00. The molecule has 3 heteroatoms. The molecular weight excluding hydrogens is 126 g/mol. The Hall–Kier alpha value is -1.25. The van der Waals surface area contributed by atoms with Crippen LogP contribution in [-0.4, -0.2) is 9.97 Å². The molecule has 1 rings (SSSR count). The first kappa shape index (κ1) is 6.86. The Morgan fingerprint density at radius 2 is 2.10 bits per heavy atom. The Balaban J connectivity index is 3.53. The molecule has 0 unspecified atom stereocenters. The first-order chi connectivity index (χ1) is 4.77. The second kappa shape index (κ2) is 2.56. The van der Waals surface area contributed by atoms with Crippen molar-refractivity contribution in [1.29, 1.82) is 0 Å². The van der Waals surface area contributed by atoms with Gasteiger partial charge in [0.05, 0.1) is 10.7 Å². The van der Waals surface area contributed by atoms with E-state index in [9.17, 15) is 0 Å². The number of anilines is 1. The van der Waals surface area contributed by atoms with Gasteiger partial charge in [0.15, 0.2) is 5.95 Å². The molecule has 54 valence electrons. The van der Waals surface area contributed by atoms with Gasteiger partial charge in [0.2, 0.25) is 0 Å².